The minimum atomic E-state index is -1.67. The Labute approximate surface area is 102 Å². The predicted octanol–water partition coefficient (Wildman–Crippen LogP) is 2.99. The summed E-state index contributed by atoms with van der Waals surface area (Å²) in [7, 11) is 0. The first-order valence-corrected chi connectivity index (χ1v) is 5.09. The number of carbonyl (C=O) groups excluding carboxylic acids is 1. The summed E-state index contributed by atoms with van der Waals surface area (Å²) >= 11 is 0. The third kappa shape index (κ3) is 2.00. The van der Waals surface area contributed by atoms with Gasteiger partial charge < -0.3 is 18.7 Å². The number of esters is 1. The summed E-state index contributed by atoms with van der Waals surface area (Å²) < 4.78 is 14.5. The van der Waals surface area contributed by atoms with E-state index in [1.807, 2.05) is 0 Å². The Kier molecular flexibility index (Phi) is 2.93. The van der Waals surface area contributed by atoms with Crippen molar-refractivity contribution in [3.8, 4) is 11.5 Å². The van der Waals surface area contributed by atoms with Gasteiger partial charge in [-0.3, -0.25) is 0 Å². The van der Waals surface area contributed by atoms with Crippen LogP contribution in [0.25, 0.3) is 11.5 Å². The van der Waals surface area contributed by atoms with Gasteiger partial charge in [0.1, 0.15) is 0 Å². The lowest BCUT2D eigenvalue weighted by Gasteiger charge is -1.95. The highest BCUT2D eigenvalue weighted by molar-refractivity contribution is 5.94. The van der Waals surface area contributed by atoms with Crippen molar-refractivity contribution in [1.29, 1.82) is 0 Å². The summed E-state index contributed by atoms with van der Waals surface area (Å²) in [4.78, 5) is 21.8. The summed E-state index contributed by atoms with van der Waals surface area (Å²) in [5.74, 6) is -0.331. The number of hydrogen-bond acceptors (Lipinski definition) is 5. The van der Waals surface area contributed by atoms with Crippen molar-refractivity contribution in [2.45, 2.75) is 13.8 Å². The molecule has 6 nitrogen and oxygen atoms in total. The van der Waals surface area contributed by atoms with E-state index in [-0.39, 0.29) is 5.76 Å². The molecule has 2 aromatic heterocycles. The smallest absolute Gasteiger partial charge is 0.461 e. The molecule has 0 unspecified atom stereocenters. The van der Waals surface area contributed by atoms with Crippen LogP contribution < -0.4 is 0 Å². The molecule has 0 amide bonds. The van der Waals surface area contributed by atoms with Crippen LogP contribution in [-0.2, 0) is 4.74 Å². The molecule has 6 heteroatoms. The summed E-state index contributed by atoms with van der Waals surface area (Å²) in [6.07, 6.45) is -0.199. The van der Waals surface area contributed by atoms with Crippen LogP contribution in [0.3, 0.4) is 0 Å². The Bertz CT molecular complexity index is 590. The average molecular weight is 250 g/mol. The number of ether oxygens (including phenoxy) is 1. The lowest BCUT2D eigenvalue weighted by atomic mass is 10.1. The van der Waals surface area contributed by atoms with Gasteiger partial charge in [0, 0.05) is 11.1 Å². The quantitative estimate of drug-likeness (QED) is 0.650. The molecule has 0 spiro atoms. The zero-order chi connectivity index (χ0) is 13.3. The standard InChI is InChI=1S/C12H10O6/c1-6-7(2)10(11(13)18-12(14)15)17-9(6)8-4-3-5-16-8/h3-5H,1-2H3,(H,14,15). The highest BCUT2D eigenvalue weighted by Crippen LogP contribution is 2.31. The Balaban J connectivity index is 2.43. The van der Waals surface area contributed by atoms with E-state index in [4.69, 9.17) is 13.9 Å². The maximum atomic E-state index is 11.5. The van der Waals surface area contributed by atoms with Gasteiger partial charge >= 0.3 is 12.1 Å². The van der Waals surface area contributed by atoms with Crippen molar-refractivity contribution in [2.75, 3.05) is 0 Å². The molecular formula is C12H10O6. The van der Waals surface area contributed by atoms with E-state index in [2.05, 4.69) is 4.74 Å². The fourth-order valence-electron chi connectivity index (χ4n) is 1.56. The van der Waals surface area contributed by atoms with Crippen LogP contribution in [0.4, 0.5) is 4.79 Å². The molecule has 0 aromatic carbocycles. The summed E-state index contributed by atoms with van der Waals surface area (Å²) in [6, 6.07) is 3.36. The highest BCUT2D eigenvalue weighted by atomic mass is 16.7. The molecule has 18 heavy (non-hydrogen) atoms. The van der Waals surface area contributed by atoms with Crippen LogP contribution in [0, 0.1) is 13.8 Å². The predicted molar refractivity (Wildman–Crippen MR) is 59.3 cm³/mol. The van der Waals surface area contributed by atoms with Gasteiger partial charge in [0.15, 0.2) is 11.5 Å². The number of furan rings is 2. The second-order valence-corrected chi connectivity index (χ2v) is 3.64. The Morgan fingerprint density at radius 1 is 1.28 bits per heavy atom. The van der Waals surface area contributed by atoms with Crippen LogP contribution in [0.15, 0.2) is 27.2 Å². The van der Waals surface area contributed by atoms with Gasteiger partial charge in [-0.15, -0.1) is 0 Å². The molecule has 0 atom stereocenters. The zero-order valence-corrected chi connectivity index (χ0v) is 9.72. The van der Waals surface area contributed by atoms with E-state index >= 15 is 0 Å². The molecule has 2 rings (SSSR count). The molecule has 0 fully saturated rings. The van der Waals surface area contributed by atoms with Gasteiger partial charge in [0.05, 0.1) is 6.26 Å². The van der Waals surface area contributed by atoms with Crippen molar-refractivity contribution in [3.05, 3.63) is 35.3 Å². The first-order chi connectivity index (χ1) is 8.50. The van der Waals surface area contributed by atoms with Gasteiger partial charge in [-0.25, -0.2) is 9.59 Å². The molecule has 0 radical (unpaired) electrons. The molecule has 0 saturated heterocycles. The molecule has 1 N–H and O–H groups in total. The molecular weight excluding hydrogens is 240 g/mol. The van der Waals surface area contributed by atoms with E-state index < -0.39 is 12.1 Å². The zero-order valence-electron chi connectivity index (χ0n) is 9.72. The van der Waals surface area contributed by atoms with Crippen molar-refractivity contribution in [1.82, 2.24) is 0 Å². The second kappa shape index (κ2) is 4.40. The van der Waals surface area contributed by atoms with E-state index in [1.165, 1.54) is 6.26 Å². The van der Waals surface area contributed by atoms with Gasteiger partial charge in [-0.05, 0) is 26.0 Å². The van der Waals surface area contributed by atoms with Crippen LogP contribution >= 0.6 is 0 Å². The average Bonchev–Trinajstić information content (AvgIpc) is 2.88. The van der Waals surface area contributed by atoms with Crippen molar-refractivity contribution < 1.29 is 28.3 Å². The van der Waals surface area contributed by atoms with E-state index in [1.54, 1.807) is 26.0 Å². The number of rotatable bonds is 2. The maximum absolute atomic E-state index is 11.5. The first-order valence-electron chi connectivity index (χ1n) is 5.09. The summed E-state index contributed by atoms with van der Waals surface area (Å²) in [6.45, 7) is 3.39. The van der Waals surface area contributed by atoms with Crippen LogP contribution in [0.5, 0.6) is 0 Å². The van der Waals surface area contributed by atoms with Crippen molar-refractivity contribution >= 4 is 12.1 Å². The minimum Gasteiger partial charge on any atom is -0.461 e. The first kappa shape index (κ1) is 12.0. The lowest BCUT2D eigenvalue weighted by molar-refractivity contribution is 0.0477. The number of carboxylic acid groups (broad SMARTS) is 1. The number of carbonyl (C=O) groups is 2. The van der Waals surface area contributed by atoms with E-state index in [9.17, 15) is 9.59 Å². The minimum absolute atomic E-state index is 0.138. The number of hydrogen-bond donors (Lipinski definition) is 1. The second-order valence-electron chi connectivity index (χ2n) is 3.64. The molecule has 0 aliphatic heterocycles. The molecule has 2 heterocycles. The topological polar surface area (TPSA) is 89.9 Å². The Hall–Kier alpha value is -2.50. The normalized spacial score (nSPS) is 10.3. The molecule has 0 aliphatic rings. The summed E-state index contributed by atoms with van der Waals surface area (Å²) in [5, 5.41) is 8.39. The Morgan fingerprint density at radius 3 is 2.56 bits per heavy atom. The van der Waals surface area contributed by atoms with Crippen LogP contribution in [0.1, 0.15) is 21.7 Å². The fourth-order valence-corrected chi connectivity index (χ4v) is 1.56. The monoisotopic (exact) mass is 250 g/mol. The fraction of sp³-hybridized carbons (Fsp3) is 0.167. The molecule has 0 saturated carbocycles. The Morgan fingerprint density at radius 2 is 2.00 bits per heavy atom. The SMILES string of the molecule is Cc1c(C(=O)OC(=O)O)oc(-c2ccco2)c1C. The van der Waals surface area contributed by atoms with E-state index in [0.717, 1.165) is 0 Å². The highest BCUT2D eigenvalue weighted by Gasteiger charge is 2.24. The van der Waals surface area contributed by atoms with Crippen molar-refractivity contribution in [3.63, 3.8) is 0 Å². The third-order valence-corrected chi connectivity index (χ3v) is 2.56. The van der Waals surface area contributed by atoms with Gasteiger partial charge in [0.2, 0.25) is 5.76 Å². The lowest BCUT2D eigenvalue weighted by Crippen LogP contribution is -2.10. The molecule has 0 bridgehead atoms. The molecule has 0 aliphatic carbocycles. The third-order valence-electron chi connectivity index (χ3n) is 2.56. The van der Waals surface area contributed by atoms with Crippen LogP contribution in [-0.4, -0.2) is 17.2 Å². The molecule has 94 valence electrons. The van der Waals surface area contributed by atoms with E-state index in [0.29, 0.717) is 22.6 Å². The van der Waals surface area contributed by atoms with Gasteiger partial charge in [0.25, 0.3) is 0 Å². The van der Waals surface area contributed by atoms with Crippen LogP contribution in [0.2, 0.25) is 0 Å². The summed E-state index contributed by atoms with van der Waals surface area (Å²) in [5.41, 5.74) is 1.22. The maximum Gasteiger partial charge on any atom is 0.513 e. The largest absolute Gasteiger partial charge is 0.513 e. The molecule has 2 aromatic rings. The van der Waals surface area contributed by atoms with Crippen molar-refractivity contribution in [2.24, 2.45) is 0 Å². The van der Waals surface area contributed by atoms with Gasteiger partial charge in [-0.2, -0.15) is 0 Å². The van der Waals surface area contributed by atoms with Gasteiger partial charge in [-0.1, -0.05) is 0 Å².